The molecule has 0 bridgehead atoms. The second-order valence-corrected chi connectivity index (χ2v) is 8.09. The number of halogens is 1. The van der Waals surface area contributed by atoms with E-state index in [1.54, 1.807) is 0 Å². The molecule has 21 heavy (non-hydrogen) atoms. The van der Waals surface area contributed by atoms with E-state index in [0.29, 0.717) is 5.25 Å². The zero-order valence-electron chi connectivity index (χ0n) is 11.9. The SMILES string of the molecule is CSC1CCC(NS(=O)(=O)c2ccc(F)c(CO)c2)CC1. The average molecular weight is 333 g/mol. The lowest BCUT2D eigenvalue weighted by molar-refractivity contribution is 0.275. The lowest BCUT2D eigenvalue weighted by Crippen LogP contribution is -2.38. The Kier molecular flexibility index (Phi) is 5.65. The number of rotatable bonds is 5. The minimum atomic E-state index is -3.67. The van der Waals surface area contributed by atoms with Gasteiger partial charge in [0, 0.05) is 16.9 Å². The Bertz CT molecular complexity index is 584. The Hall–Kier alpha value is -0.630. The van der Waals surface area contributed by atoms with Crippen LogP contribution in [0, 0.1) is 5.82 Å². The smallest absolute Gasteiger partial charge is 0.240 e. The van der Waals surface area contributed by atoms with Crippen molar-refractivity contribution in [3.05, 3.63) is 29.6 Å². The van der Waals surface area contributed by atoms with Crippen molar-refractivity contribution in [2.45, 2.75) is 48.5 Å². The first kappa shape index (κ1) is 16.7. The van der Waals surface area contributed by atoms with Crippen LogP contribution >= 0.6 is 11.8 Å². The van der Waals surface area contributed by atoms with Crippen LogP contribution in [0.4, 0.5) is 4.39 Å². The van der Waals surface area contributed by atoms with Crippen LogP contribution in [0.15, 0.2) is 23.1 Å². The van der Waals surface area contributed by atoms with Gasteiger partial charge in [-0.15, -0.1) is 0 Å². The Morgan fingerprint density at radius 1 is 1.33 bits per heavy atom. The summed E-state index contributed by atoms with van der Waals surface area (Å²) in [6.45, 7) is -0.520. The predicted molar refractivity (Wildman–Crippen MR) is 82.2 cm³/mol. The third-order valence-electron chi connectivity index (χ3n) is 3.83. The zero-order valence-corrected chi connectivity index (χ0v) is 13.5. The van der Waals surface area contributed by atoms with Gasteiger partial charge in [-0.25, -0.2) is 17.5 Å². The van der Waals surface area contributed by atoms with Crippen molar-refractivity contribution in [1.82, 2.24) is 4.72 Å². The minimum Gasteiger partial charge on any atom is -0.392 e. The fourth-order valence-corrected chi connectivity index (χ4v) is 4.64. The Morgan fingerprint density at radius 3 is 2.57 bits per heavy atom. The van der Waals surface area contributed by atoms with Crippen LogP contribution in [-0.2, 0) is 16.6 Å². The van der Waals surface area contributed by atoms with Gasteiger partial charge < -0.3 is 5.11 Å². The molecule has 1 aliphatic carbocycles. The maximum absolute atomic E-state index is 13.3. The second-order valence-electron chi connectivity index (χ2n) is 5.24. The molecule has 0 unspecified atom stereocenters. The lowest BCUT2D eigenvalue weighted by Gasteiger charge is -2.27. The van der Waals surface area contributed by atoms with Crippen molar-refractivity contribution in [3.63, 3.8) is 0 Å². The molecule has 1 fully saturated rings. The van der Waals surface area contributed by atoms with E-state index >= 15 is 0 Å². The molecule has 0 amide bonds. The highest BCUT2D eigenvalue weighted by Crippen LogP contribution is 2.27. The number of nitrogens with one attached hydrogen (secondary N) is 1. The van der Waals surface area contributed by atoms with E-state index in [1.165, 1.54) is 12.1 Å². The van der Waals surface area contributed by atoms with Gasteiger partial charge >= 0.3 is 0 Å². The predicted octanol–water partition coefficient (Wildman–Crippen LogP) is 2.27. The summed E-state index contributed by atoms with van der Waals surface area (Å²) in [5.41, 5.74) is -0.0102. The fourth-order valence-electron chi connectivity index (χ4n) is 2.54. The number of thioether (sulfide) groups is 1. The molecule has 0 saturated heterocycles. The molecule has 1 aromatic rings. The van der Waals surface area contributed by atoms with Crippen molar-refractivity contribution in [2.24, 2.45) is 0 Å². The topological polar surface area (TPSA) is 66.4 Å². The number of aliphatic hydroxyl groups excluding tert-OH is 1. The third-order valence-corrected chi connectivity index (χ3v) is 6.48. The van der Waals surface area contributed by atoms with Crippen molar-refractivity contribution in [3.8, 4) is 0 Å². The van der Waals surface area contributed by atoms with E-state index in [2.05, 4.69) is 11.0 Å². The lowest BCUT2D eigenvalue weighted by atomic mass is 9.96. The Balaban J connectivity index is 2.08. The Labute approximate surface area is 129 Å². The standard InChI is InChI=1S/C14H20FNO3S2/c1-20-12-4-2-11(3-5-12)16-21(18,19)13-6-7-14(15)10(8-13)9-17/h6-8,11-12,16-17H,2-5,9H2,1H3. The second kappa shape index (κ2) is 7.09. The van der Waals surface area contributed by atoms with Crippen LogP contribution < -0.4 is 4.72 Å². The molecule has 118 valence electrons. The van der Waals surface area contributed by atoms with E-state index < -0.39 is 22.4 Å². The van der Waals surface area contributed by atoms with Crippen LogP contribution in [-0.4, -0.2) is 31.1 Å². The first-order valence-electron chi connectivity index (χ1n) is 6.90. The summed E-state index contributed by atoms with van der Waals surface area (Å²) in [6.07, 6.45) is 5.71. The third kappa shape index (κ3) is 4.18. The van der Waals surface area contributed by atoms with Gasteiger partial charge in [0.25, 0.3) is 0 Å². The fraction of sp³-hybridized carbons (Fsp3) is 0.571. The summed E-state index contributed by atoms with van der Waals surface area (Å²) in [5, 5.41) is 9.64. The van der Waals surface area contributed by atoms with Gasteiger partial charge in [0.05, 0.1) is 11.5 Å². The number of sulfonamides is 1. The number of hydrogen-bond donors (Lipinski definition) is 2. The quantitative estimate of drug-likeness (QED) is 0.867. The van der Waals surface area contributed by atoms with Gasteiger partial charge in [0.2, 0.25) is 10.0 Å². The molecule has 2 N–H and O–H groups in total. The number of benzene rings is 1. The largest absolute Gasteiger partial charge is 0.392 e. The van der Waals surface area contributed by atoms with E-state index in [4.69, 9.17) is 5.11 Å². The first-order chi connectivity index (χ1) is 9.96. The van der Waals surface area contributed by atoms with Crippen LogP contribution in [0.25, 0.3) is 0 Å². The van der Waals surface area contributed by atoms with E-state index in [-0.39, 0.29) is 16.5 Å². The summed E-state index contributed by atoms with van der Waals surface area (Å²) in [7, 11) is -3.67. The van der Waals surface area contributed by atoms with E-state index in [1.807, 2.05) is 11.8 Å². The highest BCUT2D eigenvalue weighted by Gasteiger charge is 2.25. The molecule has 2 rings (SSSR count). The van der Waals surface area contributed by atoms with Gasteiger partial charge in [-0.3, -0.25) is 0 Å². The van der Waals surface area contributed by atoms with Crippen molar-refractivity contribution < 1.29 is 17.9 Å². The molecule has 4 nitrogen and oxygen atoms in total. The Morgan fingerprint density at radius 2 is 2.00 bits per heavy atom. The molecular formula is C14H20FNO3S2. The molecule has 0 spiro atoms. The molecule has 7 heteroatoms. The van der Waals surface area contributed by atoms with Gasteiger partial charge in [0.1, 0.15) is 5.82 Å². The maximum Gasteiger partial charge on any atom is 0.240 e. The monoisotopic (exact) mass is 333 g/mol. The molecule has 0 heterocycles. The number of aliphatic hydroxyl groups is 1. The van der Waals surface area contributed by atoms with E-state index in [0.717, 1.165) is 31.7 Å². The van der Waals surface area contributed by atoms with Crippen LogP contribution in [0.2, 0.25) is 0 Å². The summed E-state index contributed by atoms with van der Waals surface area (Å²) in [4.78, 5) is -0.0000556. The zero-order chi connectivity index (χ0) is 15.5. The number of hydrogen-bond acceptors (Lipinski definition) is 4. The summed E-state index contributed by atoms with van der Waals surface area (Å²) in [5.74, 6) is -0.600. The molecule has 0 aromatic heterocycles. The summed E-state index contributed by atoms with van der Waals surface area (Å²) in [6, 6.07) is 3.42. The van der Waals surface area contributed by atoms with Gasteiger partial charge in [-0.1, -0.05) is 0 Å². The highest BCUT2D eigenvalue weighted by atomic mass is 32.2. The van der Waals surface area contributed by atoms with Gasteiger partial charge in [-0.2, -0.15) is 11.8 Å². The average Bonchev–Trinajstić information content (AvgIpc) is 2.48. The minimum absolute atomic E-state index is 0.0000556. The molecule has 1 aliphatic rings. The summed E-state index contributed by atoms with van der Waals surface area (Å²) >= 11 is 1.82. The van der Waals surface area contributed by atoms with Crippen LogP contribution in [0.5, 0.6) is 0 Å². The van der Waals surface area contributed by atoms with Crippen LogP contribution in [0.3, 0.4) is 0 Å². The van der Waals surface area contributed by atoms with Crippen molar-refractivity contribution in [2.75, 3.05) is 6.26 Å². The van der Waals surface area contributed by atoms with E-state index in [9.17, 15) is 12.8 Å². The van der Waals surface area contributed by atoms with Gasteiger partial charge in [0.15, 0.2) is 0 Å². The van der Waals surface area contributed by atoms with Crippen molar-refractivity contribution >= 4 is 21.8 Å². The molecule has 1 aromatic carbocycles. The molecule has 0 radical (unpaired) electrons. The first-order valence-corrected chi connectivity index (χ1v) is 9.68. The van der Waals surface area contributed by atoms with Crippen LogP contribution in [0.1, 0.15) is 31.2 Å². The summed E-state index contributed by atoms with van der Waals surface area (Å²) < 4.78 is 40.6. The molecule has 0 aliphatic heterocycles. The molecular weight excluding hydrogens is 313 g/mol. The normalized spacial score (nSPS) is 23.2. The van der Waals surface area contributed by atoms with Gasteiger partial charge in [-0.05, 0) is 50.1 Å². The van der Waals surface area contributed by atoms with Crippen molar-refractivity contribution in [1.29, 1.82) is 0 Å². The molecule has 0 atom stereocenters. The molecule has 1 saturated carbocycles. The highest BCUT2D eigenvalue weighted by molar-refractivity contribution is 7.99. The maximum atomic E-state index is 13.3.